The molecule has 0 bridgehead atoms. The Morgan fingerprint density at radius 2 is 1.93 bits per heavy atom. The molecular formula is C20H17FN2O5. The highest BCUT2D eigenvalue weighted by molar-refractivity contribution is 5.77. The third-order valence-corrected chi connectivity index (χ3v) is 4.10. The summed E-state index contributed by atoms with van der Waals surface area (Å²) in [6.07, 6.45) is 0. The third-order valence-electron chi connectivity index (χ3n) is 4.10. The third kappa shape index (κ3) is 4.29. The predicted molar refractivity (Wildman–Crippen MR) is 96.0 cm³/mol. The Bertz CT molecular complexity index is 971. The fraction of sp³-hybridized carbons (Fsp3) is 0.200. The van der Waals surface area contributed by atoms with Crippen LogP contribution in [-0.4, -0.2) is 24.5 Å². The van der Waals surface area contributed by atoms with E-state index in [1.165, 1.54) is 12.1 Å². The van der Waals surface area contributed by atoms with Crippen molar-refractivity contribution in [1.29, 1.82) is 0 Å². The molecule has 4 rings (SSSR count). The molecule has 28 heavy (non-hydrogen) atoms. The Morgan fingerprint density at radius 1 is 1.11 bits per heavy atom. The lowest BCUT2D eigenvalue weighted by atomic mass is 10.1. The second kappa shape index (κ2) is 8.10. The van der Waals surface area contributed by atoms with Gasteiger partial charge in [-0.15, -0.1) is 0 Å². The molecule has 2 aromatic carbocycles. The van der Waals surface area contributed by atoms with E-state index < -0.39 is 0 Å². The summed E-state index contributed by atoms with van der Waals surface area (Å²) in [7, 11) is 0. The van der Waals surface area contributed by atoms with E-state index in [1.54, 1.807) is 18.2 Å². The topological polar surface area (TPSA) is 82.8 Å². The molecule has 2 heterocycles. The summed E-state index contributed by atoms with van der Waals surface area (Å²) >= 11 is 0. The minimum atomic E-state index is -0.321. The molecule has 144 valence electrons. The number of carbonyl (C=O) groups excluding carboxylic acids is 1. The zero-order valence-electron chi connectivity index (χ0n) is 14.8. The quantitative estimate of drug-likeness (QED) is 0.674. The Balaban J connectivity index is 1.22. The fourth-order valence-electron chi connectivity index (χ4n) is 2.68. The molecule has 0 saturated heterocycles. The van der Waals surface area contributed by atoms with E-state index in [-0.39, 0.29) is 31.7 Å². The molecule has 0 radical (unpaired) electrons. The van der Waals surface area contributed by atoms with Gasteiger partial charge in [0.2, 0.25) is 12.7 Å². The van der Waals surface area contributed by atoms with Gasteiger partial charge in [0.25, 0.3) is 0 Å². The SMILES string of the molecule is O=C(COCc1cc(-c2ccc(F)cc2)on1)NCc1ccc2c(c1)OCO2. The van der Waals surface area contributed by atoms with Crippen molar-refractivity contribution in [3.8, 4) is 22.8 Å². The Labute approximate surface area is 160 Å². The van der Waals surface area contributed by atoms with Crippen LogP contribution in [0.4, 0.5) is 4.39 Å². The average molecular weight is 384 g/mol. The van der Waals surface area contributed by atoms with Crippen molar-refractivity contribution in [2.75, 3.05) is 13.4 Å². The van der Waals surface area contributed by atoms with Gasteiger partial charge in [0.1, 0.15) is 18.1 Å². The van der Waals surface area contributed by atoms with Crippen molar-refractivity contribution in [2.45, 2.75) is 13.2 Å². The van der Waals surface area contributed by atoms with Crippen LogP contribution in [-0.2, 0) is 22.7 Å². The van der Waals surface area contributed by atoms with E-state index in [2.05, 4.69) is 10.5 Å². The van der Waals surface area contributed by atoms with Gasteiger partial charge in [0, 0.05) is 18.2 Å². The number of aromatic nitrogens is 1. The molecule has 3 aromatic rings. The largest absolute Gasteiger partial charge is 0.454 e. The summed E-state index contributed by atoms with van der Waals surface area (Å²) in [5.41, 5.74) is 2.16. The summed E-state index contributed by atoms with van der Waals surface area (Å²) in [6, 6.07) is 13.1. The van der Waals surface area contributed by atoms with E-state index in [0.717, 1.165) is 5.56 Å². The van der Waals surface area contributed by atoms with Crippen LogP contribution in [0.15, 0.2) is 53.1 Å². The first kappa shape index (κ1) is 18.0. The first-order valence-corrected chi connectivity index (χ1v) is 8.62. The van der Waals surface area contributed by atoms with Gasteiger partial charge in [-0.25, -0.2) is 4.39 Å². The summed E-state index contributed by atoms with van der Waals surface area (Å²) in [5, 5.41) is 6.66. The van der Waals surface area contributed by atoms with Crippen LogP contribution >= 0.6 is 0 Å². The lowest BCUT2D eigenvalue weighted by Gasteiger charge is -2.06. The van der Waals surface area contributed by atoms with Crippen molar-refractivity contribution < 1.29 is 27.9 Å². The number of ether oxygens (including phenoxy) is 3. The zero-order chi connectivity index (χ0) is 19.3. The number of rotatable bonds is 7. The monoisotopic (exact) mass is 384 g/mol. The van der Waals surface area contributed by atoms with Crippen LogP contribution in [0.5, 0.6) is 11.5 Å². The van der Waals surface area contributed by atoms with Crippen molar-refractivity contribution >= 4 is 5.91 Å². The van der Waals surface area contributed by atoms with Gasteiger partial charge in [-0.05, 0) is 42.0 Å². The lowest BCUT2D eigenvalue weighted by Crippen LogP contribution is -2.27. The molecular weight excluding hydrogens is 367 g/mol. The standard InChI is InChI=1S/C20H17FN2O5/c21-15-4-2-14(3-5-15)18-8-16(23-28-18)10-25-11-20(24)22-9-13-1-6-17-19(7-13)27-12-26-17/h1-8H,9-12H2,(H,22,24). The number of benzene rings is 2. The van der Waals surface area contributed by atoms with E-state index in [1.807, 2.05) is 18.2 Å². The lowest BCUT2D eigenvalue weighted by molar-refractivity contribution is -0.126. The van der Waals surface area contributed by atoms with Crippen molar-refractivity contribution in [2.24, 2.45) is 0 Å². The van der Waals surface area contributed by atoms with Gasteiger partial charge in [-0.2, -0.15) is 0 Å². The summed E-state index contributed by atoms with van der Waals surface area (Å²) in [5.74, 6) is 1.31. The van der Waals surface area contributed by atoms with E-state index >= 15 is 0 Å². The smallest absolute Gasteiger partial charge is 0.246 e. The Morgan fingerprint density at radius 3 is 2.79 bits per heavy atom. The Kier molecular flexibility index (Phi) is 5.20. The molecule has 0 unspecified atom stereocenters. The number of nitrogens with one attached hydrogen (secondary N) is 1. The van der Waals surface area contributed by atoms with Gasteiger partial charge in [-0.3, -0.25) is 4.79 Å². The number of amides is 1. The molecule has 0 aliphatic carbocycles. The van der Waals surface area contributed by atoms with Crippen LogP contribution in [0.3, 0.4) is 0 Å². The summed E-state index contributed by atoms with van der Waals surface area (Å²) in [6.45, 7) is 0.590. The maximum atomic E-state index is 13.0. The number of hydrogen-bond acceptors (Lipinski definition) is 6. The van der Waals surface area contributed by atoms with E-state index in [0.29, 0.717) is 35.1 Å². The van der Waals surface area contributed by atoms with Gasteiger partial charge in [0.05, 0.1) is 6.61 Å². The summed E-state index contributed by atoms with van der Waals surface area (Å²) < 4.78 is 34.1. The summed E-state index contributed by atoms with van der Waals surface area (Å²) in [4.78, 5) is 11.9. The number of fused-ring (bicyclic) bond motifs is 1. The zero-order valence-corrected chi connectivity index (χ0v) is 14.8. The van der Waals surface area contributed by atoms with Crippen LogP contribution in [0.25, 0.3) is 11.3 Å². The highest BCUT2D eigenvalue weighted by Gasteiger charge is 2.13. The average Bonchev–Trinajstić information content (AvgIpc) is 3.36. The first-order chi connectivity index (χ1) is 13.7. The number of nitrogens with zero attached hydrogens (tertiary/aromatic N) is 1. The molecule has 0 spiro atoms. The van der Waals surface area contributed by atoms with E-state index in [4.69, 9.17) is 18.7 Å². The van der Waals surface area contributed by atoms with Gasteiger partial charge in [-0.1, -0.05) is 11.2 Å². The molecule has 1 aliphatic rings. The van der Waals surface area contributed by atoms with Crippen molar-refractivity contribution in [3.63, 3.8) is 0 Å². The molecule has 8 heteroatoms. The van der Waals surface area contributed by atoms with Crippen molar-refractivity contribution in [3.05, 3.63) is 65.6 Å². The van der Waals surface area contributed by atoms with Crippen molar-refractivity contribution in [1.82, 2.24) is 10.5 Å². The molecule has 0 atom stereocenters. The molecule has 7 nitrogen and oxygen atoms in total. The van der Waals surface area contributed by atoms with Crippen LogP contribution in [0.1, 0.15) is 11.3 Å². The number of carbonyl (C=O) groups is 1. The van der Waals surface area contributed by atoms with E-state index in [9.17, 15) is 9.18 Å². The van der Waals surface area contributed by atoms with Gasteiger partial charge < -0.3 is 24.1 Å². The Hall–Kier alpha value is -3.39. The van der Waals surface area contributed by atoms with Crippen LogP contribution in [0, 0.1) is 5.82 Å². The minimum absolute atomic E-state index is 0.108. The van der Waals surface area contributed by atoms with Gasteiger partial charge in [0.15, 0.2) is 17.3 Å². The molecule has 1 amide bonds. The molecule has 0 fully saturated rings. The molecule has 1 N–H and O–H groups in total. The maximum Gasteiger partial charge on any atom is 0.246 e. The molecule has 1 aliphatic heterocycles. The second-order valence-corrected chi connectivity index (χ2v) is 6.15. The normalized spacial score (nSPS) is 12.2. The number of halogens is 1. The van der Waals surface area contributed by atoms with Crippen LogP contribution in [0.2, 0.25) is 0 Å². The second-order valence-electron chi connectivity index (χ2n) is 6.15. The predicted octanol–water partition coefficient (Wildman–Crippen LogP) is 3.04. The molecule has 1 aromatic heterocycles. The number of hydrogen-bond donors (Lipinski definition) is 1. The van der Waals surface area contributed by atoms with Crippen LogP contribution < -0.4 is 14.8 Å². The highest BCUT2D eigenvalue weighted by Crippen LogP contribution is 2.32. The first-order valence-electron chi connectivity index (χ1n) is 8.62. The van der Waals surface area contributed by atoms with Gasteiger partial charge >= 0.3 is 0 Å². The molecule has 0 saturated carbocycles. The maximum absolute atomic E-state index is 13.0. The highest BCUT2D eigenvalue weighted by atomic mass is 19.1. The minimum Gasteiger partial charge on any atom is -0.454 e. The fourth-order valence-corrected chi connectivity index (χ4v) is 2.68.